The van der Waals surface area contributed by atoms with Gasteiger partial charge in [0.05, 0.1) is 13.7 Å². The maximum atomic E-state index is 12.0. The predicted molar refractivity (Wildman–Crippen MR) is 101 cm³/mol. The van der Waals surface area contributed by atoms with Gasteiger partial charge in [-0.2, -0.15) is 0 Å². The molecular weight excluding hydrogens is 316 g/mol. The van der Waals surface area contributed by atoms with Crippen molar-refractivity contribution in [2.75, 3.05) is 19.0 Å². The number of aliphatic imine (C=N–C) groups is 1. The Bertz CT molecular complexity index is 744. The maximum Gasteiger partial charge on any atom is 0.251 e. The number of anilines is 1. The van der Waals surface area contributed by atoms with Crippen LogP contribution in [0.15, 0.2) is 53.5 Å². The van der Waals surface area contributed by atoms with Gasteiger partial charge in [-0.25, -0.2) is 4.99 Å². The van der Waals surface area contributed by atoms with Gasteiger partial charge in [0, 0.05) is 23.9 Å². The number of amides is 1. The number of nitrogens with zero attached hydrogens (tertiary/aromatic N) is 1. The molecule has 0 aliphatic heterocycles. The Hall–Kier alpha value is -3.02. The summed E-state index contributed by atoms with van der Waals surface area (Å²) >= 11 is 0. The van der Waals surface area contributed by atoms with Gasteiger partial charge in [-0.05, 0) is 36.2 Å². The van der Waals surface area contributed by atoms with Crippen LogP contribution in [0.3, 0.4) is 0 Å². The molecule has 6 heteroatoms. The van der Waals surface area contributed by atoms with Crippen LogP contribution in [0.1, 0.15) is 29.3 Å². The summed E-state index contributed by atoms with van der Waals surface area (Å²) in [6.45, 7) is 3.07. The van der Waals surface area contributed by atoms with Crippen LogP contribution in [0.2, 0.25) is 0 Å². The molecule has 2 aromatic carbocycles. The first kappa shape index (κ1) is 18.3. The van der Waals surface area contributed by atoms with Gasteiger partial charge in [-0.3, -0.25) is 4.79 Å². The molecule has 2 aromatic rings. The zero-order valence-corrected chi connectivity index (χ0v) is 14.6. The molecular formula is C19H24N4O2. The molecule has 0 unspecified atom stereocenters. The van der Waals surface area contributed by atoms with Crippen molar-refractivity contribution in [2.45, 2.75) is 19.9 Å². The Labute approximate surface area is 148 Å². The van der Waals surface area contributed by atoms with Crippen LogP contribution in [-0.2, 0) is 6.54 Å². The van der Waals surface area contributed by atoms with Crippen LogP contribution in [0, 0.1) is 0 Å². The molecule has 0 aliphatic rings. The number of methoxy groups -OCH3 is 1. The Morgan fingerprint density at radius 2 is 2.00 bits per heavy atom. The number of nitrogens with two attached hydrogens (primary N) is 1. The van der Waals surface area contributed by atoms with E-state index in [-0.39, 0.29) is 5.91 Å². The molecule has 0 saturated heterocycles. The molecule has 0 bridgehead atoms. The van der Waals surface area contributed by atoms with Crippen LogP contribution >= 0.6 is 0 Å². The lowest BCUT2D eigenvalue weighted by Gasteiger charge is -2.08. The van der Waals surface area contributed by atoms with Crippen molar-refractivity contribution in [1.82, 2.24) is 5.32 Å². The molecule has 1 amide bonds. The lowest BCUT2D eigenvalue weighted by atomic mass is 10.1. The highest BCUT2D eigenvalue weighted by molar-refractivity contribution is 5.94. The minimum absolute atomic E-state index is 0.0739. The molecule has 0 fully saturated rings. The summed E-state index contributed by atoms with van der Waals surface area (Å²) in [7, 11) is 1.61. The standard InChI is InChI=1S/C19H24N4O2/c1-3-10-21-18(24)15-7-4-6-14(11-15)13-22-19(20)23-16-8-5-9-17(12-16)25-2/h4-9,11-12H,3,10,13H2,1-2H3,(H,21,24)(H3,20,22,23). The highest BCUT2D eigenvalue weighted by Crippen LogP contribution is 2.16. The first-order chi connectivity index (χ1) is 12.1. The summed E-state index contributed by atoms with van der Waals surface area (Å²) in [6.07, 6.45) is 0.905. The van der Waals surface area contributed by atoms with Crippen molar-refractivity contribution in [1.29, 1.82) is 0 Å². The second-order valence-corrected chi connectivity index (χ2v) is 5.51. The van der Waals surface area contributed by atoms with Crippen LogP contribution in [0.25, 0.3) is 0 Å². The first-order valence-electron chi connectivity index (χ1n) is 8.20. The summed E-state index contributed by atoms with van der Waals surface area (Å²) in [5, 5.41) is 5.88. The number of nitrogens with one attached hydrogen (secondary N) is 2. The van der Waals surface area contributed by atoms with E-state index in [1.54, 1.807) is 13.2 Å². The average molecular weight is 340 g/mol. The Morgan fingerprint density at radius 1 is 1.20 bits per heavy atom. The van der Waals surface area contributed by atoms with Gasteiger partial charge in [-0.1, -0.05) is 25.1 Å². The van der Waals surface area contributed by atoms with Gasteiger partial charge in [0.15, 0.2) is 5.96 Å². The van der Waals surface area contributed by atoms with Crippen LogP contribution in [0.5, 0.6) is 5.75 Å². The fourth-order valence-electron chi connectivity index (χ4n) is 2.22. The number of hydrogen-bond acceptors (Lipinski definition) is 3. The fourth-order valence-corrected chi connectivity index (χ4v) is 2.22. The summed E-state index contributed by atoms with van der Waals surface area (Å²) in [4.78, 5) is 16.3. The van der Waals surface area contributed by atoms with Crippen molar-refractivity contribution in [2.24, 2.45) is 10.7 Å². The molecule has 0 saturated carbocycles. The van der Waals surface area contributed by atoms with Gasteiger partial charge >= 0.3 is 0 Å². The fraction of sp³-hybridized carbons (Fsp3) is 0.263. The SMILES string of the molecule is CCCNC(=O)c1cccc(CN=C(N)Nc2cccc(OC)c2)c1. The third-order valence-corrected chi connectivity index (χ3v) is 3.50. The number of ether oxygens (including phenoxy) is 1. The number of carbonyl (C=O) groups excluding carboxylic acids is 1. The van der Waals surface area contributed by atoms with Crippen LogP contribution < -0.4 is 21.1 Å². The van der Waals surface area contributed by atoms with E-state index in [1.165, 1.54) is 0 Å². The molecule has 0 spiro atoms. The lowest BCUT2D eigenvalue weighted by Crippen LogP contribution is -2.24. The molecule has 0 radical (unpaired) electrons. The van der Waals surface area contributed by atoms with E-state index in [1.807, 2.05) is 49.4 Å². The molecule has 0 aliphatic carbocycles. The van der Waals surface area contributed by atoms with Crippen LogP contribution in [0.4, 0.5) is 5.69 Å². The highest BCUT2D eigenvalue weighted by atomic mass is 16.5. The topological polar surface area (TPSA) is 88.7 Å². The van der Waals surface area contributed by atoms with E-state index in [9.17, 15) is 4.79 Å². The van der Waals surface area contributed by atoms with Crippen molar-refractivity contribution in [3.63, 3.8) is 0 Å². The van der Waals surface area contributed by atoms with E-state index in [0.717, 1.165) is 23.4 Å². The zero-order chi connectivity index (χ0) is 18.1. The van der Waals surface area contributed by atoms with Gasteiger partial charge in [0.25, 0.3) is 5.91 Å². The van der Waals surface area contributed by atoms with Gasteiger partial charge in [0.1, 0.15) is 5.75 Å². The number of rotatable bonds is 7. The van der Waals surface area contributed by atoms with E-state index in [2.05, 4.69) is 15.6 Å². The van der Waals surface area contributed by atoms with Gasteiger partial charge < -0.3 is 21.1 Å². The van der Waals surface area contributed by atoms with Crippen LogP contribution in [-0.4, -0.2) is 25.5 Å². The van der Waals surface area contributed by atoms with Crippen molar-refractivity contribution < 1.29 is 9.53 Å². The van der Waals surface area contributed by atoms with E-state index in [0.29, 0.717) is 24.6 Å². The molecule has 6 nitrogen and oxygen atoms in total. The lowest BCUT2D eigenvalue weighted by molar-refractivity contribution is 0.0953. The normalized spacial score (nSPS) is 11.0. The number of guanidine groups is 1. The second kappa shape index (κ2) is 9.32. The largest absolute Gasteiger partial charge is 0.497 e. The third-order valence-electron chi connectivity index (χ3n) is 3.50. The summed E-state index contributed by atoms with van der Waals surface area (Å²) in [6, 6.07) is 14.8. The smallest absolute Gasteiger partial charge is 0.251 e. The van der Waals surface area contributed by atoms with Crippen molar-refractivity contribution in [3.05, 3.63) is 59.7 Å². The minimum atomic E-state index is -0.0739. The van der Waals surface area contributed by atoms with Gasteiger partial charge in [-0.15, -0.1) is 0 Å². The molecule has 0 heterocycles. The third kappa shape index (κ3) is 5.84. The van der Waals surface area contributed by atoms with E-state index >= 15 is 0 Å². The maximum absolute atomic E-state index is 12.0. The van der Waals surface area contributed by atoms with Gasteiger partial charge in [0.2, 0.25) is 0 Å². The summed E-state index contributed by atoms with van der Waals surface area (Å²) in [5.41, 5.74) is 8.27. The molecule has 132 valence electrons. The van der Waals surface area contributed by atoms with Crippen molar-refractivity contribution in [3.8, 4) is 5.75 Å². The Kier molecular flexibility index (Phi) is 6.83. The molecule has 2 rings (SSSR count). The Balaban J connectivity index is 1.99. The second-order valence-electron chi connectivity index (χ2n) is 5.51. The Morgan fingerprint density at radius 3 is 2.76 bits per heavy atom. The van der Waals surface area contributed by atoms with Crippen molar-refractivity contribution >= 4 is 17.6 Å². The molecule has 0 atom stereocenters. The molecule has 4 N–H and O–H groups in total. The van der Waals surface area contributed by atoms with E-state index < -0.39 is 0 Å². The minimum Gasteiger partial charge on any atom is -0.497 e. The molecule has 0 aromatic heterocycles. The molecule has 25 heavy (non-hydrogen) atoms. The number of benzene rings is 2. The average Bonchev–Trinajstić information content (AvgIpc) is 2.64. The first-order valence-corrected chi connectivity index (χ1v) is 8.20. The zero-order valence-electron chi connectivity index (χ0n) is 14.6. The number of hydrogen-bond donors (Lipinski definition) is 3. The van der Waals surface area contributed by atoms with E-state index in [4.69, 9.17) is 10.5 Å². The predicted octanol–water partition coefficient (Wildman–Crippen LogP) is 2.76. The highest BCUT2D eigenvalue weighted by Gasteiger charge is 2.05. The quantitative estimate of drug-likeness (QED) is 0.534. The summed E-state index contributed by atoms with van der Waals surface area (Å²) in [5.74, 6) is 0.966. The monoisotopic (exact) mass is 340 g/mol. The summed E-state index contributed by atoms with van der Waals surface area (Å²) < 4.78 is 5.17. The number of carbonyl (C=O) groups is 1.